The van der Waals surface area contributed by atoms with Gasteiger partial charge in [-0.2, -0.15) is 0 Å². The first kappa shape index (κ1) is 17.8. The van der Waals surface area contributed by atoms with E-state index < -0.39 is 0 Å². The maximum absolute atomic E-state index is 5.75. The second kappa shape index (κ2) is 9.68. The average molecular weight is 312 g/mol. The third kappa shape index (κ3) is 5.97. The Labute approximate surface area is 132 Å². The predicted octanol–water partition coefficient (Wildman–Crippen LogP) is 1.42. The summed E-state index contributed by atoms with van der Waals surface area (Å²) in [5.41, 5.74) is 7.65. The second-order valence-corrected chi connectivity index (χ2v) is 5.10. The summed E-state index contributed by atoms with van der Waals surface area (Å²) in [5.74, 6) is 0.701. The molecule has 0 fully saturated rings. The van der Waals surface area contributed by atoms with Crippen molar-refractivity contribution in [2.75, 3.05) is 47.6 Å². The molecule has 5 nitrogen and oxygen atoms in total. The van der Waals surface area contributed by atoms with Crippen LogP contribution in [0.5, 0.6) is 5.75 Å². The number of nitrogens with zero attached hydrogens (tertiary/aromatic N) is 1. The fourth-order valence-electron chi connectivity index (χ4n) is 2.01. The van der Waals surface area contributed by atoms with E-state index in [9.17, 15) is 0 Å². The Kier molecular flexibility index (Phi) is 8.22. The molecule has 0 radical (unpaired) electrons. The van der Waals surface area contributed by atoms with Crippen LogP contribution in [0.2, 0.25) is 0 Å². The van der Waals surface area contributed by atoms with E-state index >= 15 is 0 Å². The van der Waals surface area contributed by atoms with E-state index in [2.05, 4.69) is 4.90 Å². The zero-order valence-corrected chi connectivity index (χ0v) is 13.7. The summed E-state index contributed by atoms with van der Waals surface area (Å²) in [4.78, 5) is 2.60. The van der Waals surface area contributed by atoms with E-state index in [0.29, 0.717) is 24.0 Å². The topological polar surface area (TPSA) is 57.0 Å². The molecule has 0 spiro atoms. The summed E-state index contributed by atoms with van der Waals surface area (Å²) >= 11 is 5.07. The van der Waals surface area contributed by atoms with Crippen LogP contribution in [0.1, 0.15) is 11.1 Å². The lowest BCUT2D eigenvalue weighted by atomic mass is 10.1. The van der Waals surface area contributed by atoms with Crippen LogP contribution >= 0.6 is 12.2 Å². The molecule has 0 aliphatic rings. The van der Waals surface area contributed by atoms with E-state index in [1.807, 2.05) is 18.2 Å². The van der Waals surface area contributed by atoms with E-state index in [1.165, 1.54) is 0 Å². The standard InChI is InChI=1S/C15H24N2O3S/c1-18-8-6-17(7-9-19-2)11-12-4-5-14(20-3)13(10-12)15(16)21/h4-5,10H,6-9,11H2,1-3H3,(H2,16,21). The molecule has 0 aliphatic carbocycles. The molecule has 0 unspecified atom stereocenters. The highest BCUT2D eigenvalue weighted by molar-refractivity contribution is 7.80. The lowest BCUT2D eigenvalue weighted by Crippen LogP contribution is -2.30. The van der Waals surface area contributed by atoms with Gasteiger partial charge in [-0.1, -0.05) is 18.3 Å². The Hall–Kier alpha value is -1.21. The van der Waals surface area contributed by atoms with Gasteiger partial charge in [0.2, 0.25) is 0 Å². The molecule has 2 N–H and O–H groups in total. The summed E-state index contributed by atoms with van der Waals surface area (Å²) in [6, 6.07) is 5.90. The molecule has 0 aromatic heterocycles. The van der Waals surface area contributed by atoms with Crippen LogP contribution in [0.15, 0.2) is 18.2 Å². The maximum atomic E-state index is 5.75. The van der Waals surface area contributed by atoms with Gasteiger partial charge < -0.3 is 19.9 Å². The maximum Gasteiger partial charge on any atom is 0.129 e. The smallest absolute Gasteiger partial charge is 0.129 e. The second-order valence-electron chi connectivity index (χ2n) is 4.66. The molecule has 0 saturated carbocycles. The third-order valence-electron chi connectivity index (χ3n) is 3.16. The van der Waals surface area contributed by atoms with Crippen molar-refractivity contribution in [3.8, 4) is 5.75 Å². The van der Waals surface area contributed by atoms with Gasteiger partial charge in [-0.3, -0.25) is 4.90 Å². The first-order chi connectivity index (χ1) is 10.1. The number of rotatable bonds is 10. The molecule has 118 valence electrons. The molecule has 1 aromatic carbocycles. The molecule has 0 bridgehead atoms. The Morgan fingerprint density at radius 3 is 2.24 bits per heavy atom. The Balaban J connectivity index is 2.82. The molecule has 0 heterocycles. The zero-order chi connectivity index (χ0) is 15.7. The van der Waals surface area contributed by atoms with Gasteiger partial charge in [0.1, 0.15) is 10.7 Å². The lowest BCUT2D eigenvalue weighted by Gasteiger charge is -2.22. The van der Waals surface area contributed by atoms with Gasteiger partial charge in [-0.25, -0.2) is 0 Å². The van der Waals surface area contributed by atoms with Crippen molar-refractivity contribution in [2.45, 2.75) is 6.54 Å². The van der Waals surface area contributed by atoms with Gasteiger partial charge >= 0.3 is 0 Å². The van der Waals surface area contributed by atoms with Crippen LogP contribution in [-0.2, 0) is 16.0 Å². The van der Waals surface area contributed by atoms with Gasteiger partial charge in [-0.15, -0.1) is 0 Å². The summed E-state index contributed by atoms with van der Waals surface area (Å²) in [7, 11) is 5.01. The van der Waals surface area contributed by atoms with Crippen LogP contribution < -0.4 is 10.5 Å². The minimum Gasteiger partial charge on any atom is -0.496 e. The lowest BCUT2D eigenvalue weighted by molar-refractivity contribution is 0.110. The summed E-state index contributed by atoms with van der Waals surface area (Å²) in [5, 5.41) is 0. The number of ether oxygens (including phenoxy) is 3. The van der Waals surface area contributed by atoms with Gasteiger partial charge in [0.15, 0.2) is 0 Å². The monoisotopic (exact) mass is 312 g/mol. The van der Waals surface area contributed by atoms with Crippen LogP contribution in [0.25, 0.3) is 0 Å². The molecule has 0 saturated heterocycles. The normalized spacial score (nSPS) is 10.9. The SMILES string of the molecule is COCCN(CCOC)Cc1ccc(OC)c(C(N)=S)c1. The van der Waals surface area contributed by atoms with Crippen molar-refractivity contribution < 1.29 is 14.2 Å². The van der Waals surface area contributed by atoms with E-state index in [4.69, 9.17) is 32.2 Å². The Morgan fingerprint density at radius 1 is 1.14 bits per heavy atom. The number of methoxy groups -OCH3 is 3. The molecule has 0 atom stereocenters. The highest BCUT2D eigenvalue weighted by Gasteiger charge is 2.10. The van der Waals surface area contributed by atoms with Crippen molar-refractivity contribution in [3.05, 3.63) is 29.3 Å². The highest BCUT2D eigenvalue weighted by atomic mass is 32.1. The van der Waals surface area contributed by atoms with Crippen molar-refractivity contribution in [1.29, 1.82) is 0 Å². The van der Waals surface area contributed by atoms with E-state index in [1.54, 1.807) is 21.3 Å². The third-order valence-corrected chi connectivity index (χ3v) is 3.38. The van der Waals surface area contributed by atoms with Crippen LogP contribution in [0.4, 0.5) is 0 Å². The number of hydrogen-bond acceptors (Lipinski definition) is 5. The predicted molar refractivity (Wildman–Crippen MR) is 87.9 cm³/mol. The molecular weight excluding hydrogens is 288 g/mol. The number of benzene rings is 1. The van der Waals surface area contributed by atoms with Crippen molar-refractivity contribution >= 4 is 17.2 Å². The summed E-state index contributed by atoms with van der Waals surface area (Å²) in [6.45, 7) is 3.83. The van der Waals surface area contributed by atoms with Crippen LogP contribution in [0, 0.1) is 0 Å². The molecule has 0 amide bonds. The van der Waals surface area contributed by atoms with Gasteiger partial charge in [0.25, 0.3) is 0 Å². The molecule has 6 heteroatoms. The van der Waals surface area contributed by atoms with Crippen molar-refractivity contribution in [3.63, 3.8) is 0 Å². The van der Waals surface area contributed by atoms with Crippen molar-refractivity contribution in [2.24, 2.45) is 5.73 Å². The van der Waals surface area contributed by atoms with Crippen LogP contribution in [-0.4, -0.2) is 57.5 Å². The number of nitrogens with two attached hydrogens (primary N) is 1. The molecule has 0 aliphatic heterocycles. The number of thiocarbonyl (C=S) groups is 1. The Bertz CT molecular complexity index is 447. The fraction of sp³-hybridized carbons (Fsp3) is 0.533. The quantitative estimate of drug-likeness (QED) is 0.660. The largest absolute Gasteiger partial charge is 0.496 e. The first-order valence-electron chi connectivity index (χ1n) is 6.79. The van der Waals surface area contributed by atoms with Crippen molar-refractivity contribution in [1.82, 2.24) is 4.90 Å². The Morgan fingerprint density at radius 2 is 1.76 bits per heavy atom. The number of hydrogen-bond donors (Lipinski definition) is 1. The molecule has 1 aromatic rings. The van der Waals surface area contributed by atoms with Crippen LogP contribution in [0.3, 0.4) is 0 Å². The molecule has 21 heavy (non-hydrogen) atoms. The highest BCUT2D eigenvalue weighted by Crippen LogP contribution is 2.20. The minimum absolute atomic E-state index is 0.342. The fourth-order valence-corrected chi connectivity index (χ4v) is 2.17. The minimum atomic E-state index is 0.342. The van der Waals surface area contributed by atoms with Gasteiger partial charge in [-0.05, 0) is 17.7 Å². The molecule has 1 rings (SSSR count). The zero-order valence-electron chi connectivity index (χ0n) is 12.9. The van der Waals surface area contributed by atoms with Gasteiger partial charge in [0.05, 0.1) is 25.9 Å². The summed E-state index contributed by atoms with van der Waals surface area (Å²) < 4.78 is 15.6. The van der Waals surface area contributed by atoms with E-state index in [-0.39, 0.29) is 0 Å². The molecular formula is C15H24N2O3S. The first-order valence-corrected chi connectivity index (χ1v) is 7.20. The van der Waals surface area contributed by atoms with E-state index in [0.717, 1.165) is 30.8 Å². The summed E-state index contributed by atoms with van der Waals surface area (Å²) in [6.07, 6.45) is 0. The average Bonchev–Trinajstić information content (AvgIpc) is 2.49. The van der Waals surface area contributed by atoms with Gasteiger partial charge in [0, 0.05) is 33.9 Å².